The molecule has 0 amide bonds. The first kappa shape index (κ1) is 22.3. The summed E-state index contributed by atoms with van der Waals surface area (Å²) in [6.45, 7) is 17.7. The van der Waals surface area contributed by atoms with Gasteiger partial charge in [0.15, 0.2) is 0 Å². The van der Waals surface area contributed by atoms with Crippen molar-refractivity contribution in [3.8, 4) is 0 Å². The Balaban J connectivity index is 2.26. The van der Waals surface area contributed by atoms with Crippen molar-refractivity contribution >= 4 is 29.3 Å². The Morgan fingerprint density at radius 1 is 0.767 bits per heavy atom. The van der Waals surface area contributed by atoms with E-state index in [1.165, 1.54) is 17.1 Å². The molecular formula is C24H34BN3Si2. The number of hydrogen-bond acceptors (Lipinski definition) is 3. The van der Waals surface area contributed by atoms with E-state index in [4.69, 9.17) is 0 Å². The summed E-state index contributed by atoms with van der Waals surface area (Å²) < 4.78 is 5.31. The predicted molar refractivity (Wildman–Crippen MR) is 137 cm³/mol. The third-order valence-corrected chi connectivity index (χ3v) is 9.13. The molecule has 156 valence electrons. The lowest BCUT2D eigenvalue weighted by molar-refractivity contribution is 0.659. The molecule has 0 atom stereocenters. The van der Waals surface area contributed by atoms with E-state index in [0.717, 1.165) is 6.54 Å². The summed E-state index contributed by atoms with van der Waals surface area (Å²) in [5, 5.41) is 0. The molecule has 1 aromatic rings. The summed E-state index contributed by atoms with van der Waals surface area (Å²) in [6.07, 6.45) is 12.7. The molecule has 0 saturated heterocycles. The molecule has 3 nitrogen and oxygen atoms in total. The average molecular weight is 432 g/mol. The highest BCUT2D eigenvalue weighted by atomic mass is 28.3. The molecule has 2 aliphatic carbocycles. The number of allylic oxidation sites excluding steroid dienone is 4. The van der Waals surface area contributed by atoms with Gasteiger partial charge in [-0.2, -0.15) is 0 Å². The Morgan fingerprint density at radius 3 is 1.57 bits per heavy atom. The van der Waals surface area contributed by atoms with E-state index in [0.29, 0.717) is 0 Å². The number of para-hydroxylation sites is 1. The zero-order valence-electron chi connectivity index (χ0n) is 19.5. The lowest BCUT2D eigenvalue weighted by atomic mass is 9.86. The molecule has 0 spiro atoms. The maximum absolute atomic E-state index is 3.52. The molecule has 0 N–H and O–H groups in total. The van der Waals surface area contributed by atoms with Gasteiger partial charge in [-0.15, -0.1) is 0 Å². The molecular weight excluding hydrogens is 397 g/mol. The molecule has 6 heteroatoms. The summed E-state index contributed by atoms with van der Waals surface area (Å²) in [6, 6.07) is 10.8. The van der Waals surface area contributed by atoms with Crippen LogP contribution in [0.3, 0.4) is 0 Å². The summed E-state index contributed by atoms with van der Waals surface area (Å²) in [7, 11) is -3.52. The standard InChI is InChI=1S/C24H34BN3Si2/c1-8-26(22-16-10-9-11-17-22)25(27(29(2,3)4)23-18-12-13-19-23)28(30(5,6)7)24-20-14-15-21-24/h9-18,20H,8H2,1-7H3. The van der Waals surface area contributed by atoms with Crippen LogP contribution in [0.2, 0.25) is 39.3 Å². The lowest BCUT2D eigenvalue weighted by Gasteiger charge is -2.53. The van der Waals surface area contributed by atoms with Gasteiger partial charge < -0.3 is 13.8 Å². The largest absolute Gasteiger partial charge is 0.488 e. The van der Waals surface area contributed by atoms with E-state index in [2.05, 4.69) is 126 Å². The van der Waals surface area contributed by atoms with Crippen molar-refractivity contribution in [2.75, 3.05) is 11.4 Å². The van der Waals surface area contributed by atoms with Crippen LogP contribution in [0.5, 0.6) is 0 Å². The normalized spacial score (nSPS) is 14.8. The first-order valence-electron chi connectivity index (χ1n) is 10.8. The Hall–Kier alpha value is -2.36. The van der Waals surface area contributed by atoms with Crippen LogP contribution in [0.4, 0.5) is 5.69 Å². The third-order valence-electron chi connectivity index (χ3n) is 5.30. The van der Waals surface area contributed by atoms with Crippen molar-refractivity contribution in [3.05, 3.63) is 89.6 Å². The van der Waals surface area contributed by atoms with E-state index in [-0.39, 0.29) is 7.12 Å². The van der Waals surface area contributed by atoms with Crippen LogP contribution in [0.1, 0.15) is 6.92 Å². The van der Waals surface area contributed by atoms with Crippen LogP contribution in [0.25, 0.3) is 0 Å². The van der Waals surface area contributed by atoms with Crippen LogP contribution >= 0.6 is 0 Å². The minimum Gasteiger partial charge on any atom is -0.398 e. The van der Waals surface area contributed by atoms with Crippen molar-refractivity contribution in [2.24, 2.45) is 0 Å². The van der Waals surface area contributed by atoms with Crippen LogP contribution in [-0.2, 0) is 0 Å². The van der Waals surface area contributed by atoms with Gasteiger partial charge in [0.05, 0.1) is 11.4 Å². The van der Waals surface area contributed by atoms with Gasteiger partial charge in [0.2, 0.25) is 0 Å². The number of hydrogen-bond donors (Lipinski definition) is 0. The van der Waals surface area contributed by atoms with Gasteiger partial charge >= 0.3 is 7.12 Å². The second-order valence-corrected chi connectivity index (χ2v) is 19.3. The van der Waals surface area contributed by atoms with Gasteiger partial charge in [0, 0.05) is 12.2 Å². The van der Waals surface area contributed by atoms with Gasteiger partial charge in [0.25, 0.3) is 0 Å². The van der Waals surface area contributed by atoms with Crippen LogP contribution in [-0.4, -0.2) is 39.1 Å². The van der Waals surface area contributed by atoms with E-state index in [1.807, 2.05) is 12.2 Å². The van der Waals surface area contributed by atoms with Gasteiger partial charge in [-0.1, -0.05) is 81.1 Å². The molecule has 30 heavy (non-hydrogen) atoms. The van der Waals surface area contributed by atoms with E-state index < -0.39 is 16.5 Å². The Morgan fingerprint density at radius 2 is 1.23 bits per heavy atom. The van der Waals surface area contributed by atoms with Gasteiger partial charge in [-0.3, -0.25) is 0 Å². The lowest BCUT2D eigenvalue weighted by Crippen LogP contribution is -2.72. The third kappa shape index (κ3) is 4.68. The monoisotopic (exact) mass is 431 g/mol. The van der Waals surface area contributed by atoms with Crippen molar-refractivity contribution in [1.29, 1.82) is 0 Å². The fourth-order valence-electron chi connectivity index (χ4n) is 4.10. The highest BCUT2D eigenvalue weighted by Crippen LogP contribution is 2.32. The molecule has 0 heterocycles. The molecule has 0 aliphatic heterocycles. The first-order chi connectivity index (χ1) is 14.1. The molecule has 1 aromatic carbocycles. The second-order valence-electron chi connectivity index (χ2n) is 9.66. The average Bonchev–Trinajstić information content (AvgIpc) is 3.35. The van der Waals surface area contributed by atoms with Gasteiger partial charge in [-0.25, -0.2) is 0 Å². The number of rotatable bonds is 9. The molecule has 0 fully saturated rings. The minimum atomic E-state index is -1.79. The number of nitrogens with zero attached hydrogens (tertiary/aromatic N) is 3. The Kier molecular flexibility index (Phi) is 6.54. The number of benzene rings is 1. The minimum absolute atomic E-state index is 0.0630. The SMILES string of the molecule is CCN(B(N(C1=C=CC=C1)[Si](C)(C)C)N(C1=C=CC=C1)[Si](C)(C)C)c1ccccc1. The van der Waals surface area contributed by atoms with Crippen LogP contribution in [0, 0.1) is 0 Å². The summed E-state index contributed by atoms with van der Waals surface area (Å²) >= 11 is 0. The molecule has 2 aliphatic rings. The van der Waals surface area contributed by atoms with Crippen molar-refractivity contribution in [1.82, 2.24) is 8.95 Å². The highest BCUT2D eigenvalue weighted by molar-refractivity contribution is 6.90. The maximum atomic E-state index is 3.52. The topological polar surface area (TPSA) is 9.72 Å². The van der Waals surface area contributed by atoms with Crippen molar-refractivity contribution in [3.63, 3.8) is 0 Å². The zero-order chi connectivity index (χ0) is 21.9. The van der Waals surface area contributed by atoms with Crippen LogP contribution in [0.15, 0.2) is 89.6 Å². The summed E-state index contributed by atoms with van der Waals surface area (Å²) in [5.74, 6) is 0. The predicted octanol–water partition coefficient (Wildman–Crippen LogP) is 5.99. The summed E-state index contributed by atoms with van der Waals surface area (Å²) in [4.78, 5) is 2.54. The second kappa shape index (κ2) is 8.79. The maximum Gasteiger partial charge on any atom is 0.488 e. The molecule has 0 aromatic heterocycles. The highest BCUT2D eigenvalue weighted by Gasteiger charge is 2.48. The fraction of sp³-hybridized carbons (Fsp3) is 0.333. The van der Waals surface area contributed by atoms with Crippen molar-refractivity contribution in [2.45, 2.75) is 46.2 Å². The zero-order valence-corrected chi connectivity index (χ0v) is 21.5. The van der Waals surface area contributed by atoms with E-state index in [9.17, 15) is 0 Å². The Labute approximate surface area is 185 Å². The smallest absolute Gasteiger partial charge is 0.398 e. The van der Waals surface area contributed by atoms with Crippen molar-refractivity contribution < 1.29 is 0 Å². The van der Waals surface area contributed by atoms with Gasteiger partial charge in [0.1, 0.15) is 16.5 Å². The van der Waals surface area contributed by atoms with E-state index >= 15 is 0 Å². The van der Waals surface area contributed by atoms with Crippen LogP contribution < -0.4 is 4.81 Å². The van der Waals surface area contributed by atoms with Gasteiger partial charge in [-0.05, 0) is 43.4 Å². The molecule has 0 saturated carbocycles. The fourth-order valence-corrected chi connectivity index (χ4v) is 7.83. The first-order valence-corrected chi connectivity index (χ1v) is 17.7. The molecule has 0 bridgehead atoms. The summed E-state index contributed by atoms with van der Waals surface area (Å²) in [5.41, 5.74) is 10.7. The molecule has 3 rings (SSSR count). The number of anilines is 1. The van der Waals surface area contributed by atoms with E-state index in [1.54, 1.807) is 0 Å². The molecule has 0 radical (unpaired) electrons. The quantitative estimate of drug-likeness (QED) is 0.351. The molecule has 0 unspecified atom stereocenters. The Bertz CT molecular complexity index is 898.